The Morgan fingerprint density at radius 1 is 1.15 bits per heavy atom. The van der Waals surface area contributed by atoms with Gasteiger partial charge in [0.15, 0.2) is 5.96 Å². The second-order valence-corrected chi connectivity index (χ2v) is 7.30. The lowest BCUT2D eigenvalue weighted by molar-refractivity contribution is 0.184. The van der Waals surface area contributed by atoms with Crippen LogP contribution >= 0.6 is 11.3 Å². The summed E-state index contributed by atoms with van der Waals surface area (Å²) in [5.41, 5.74) is 1.23. The number of hydrogen-bond donors (Lipinski definition) is 3. The molecule has 1 atom stereocenters. The van der Waals surface area contributed by atoms with Crippen LogP contribution in [0.25, 0.3) is 10.1 Å². The Hall–Kier alpha value is -2.57. The average molecular weight is 384 g/mol. The summed E-state index contributed by atoms with van der Waals surface area (Å²) >= 11 is 1.62. The van der Waals surface area contributed by atoms with Gasteiger partial charge >= 0.3 is 0 Å². The molecule has 0 fully saturated rings. The summed E-state index contributed by atoms with van der Waals surface area (Å²) in [6, 6.07) is 18.3. The first-order valence-electron chi connectivity index (χ1n) is 8.93. The molecule has 142 valence electrons. The molecule has 0 radical (unpaired) electrons. The van der Waals surface area contributed by atoms with Gasteiger partial charge in [-0.05, 0) is 41.6 Å². The molecule has 1 heterocycles. The lowest BCUT2D eigenvalue weighted by Crippen LogP contribution is -2.40. The normalized spacial score (nSPS) is 12.8. The van der Waals surface area contributed by atoms with Gasteiger partial charge in [0.05, 0.1) is 7.11 Å². The van der Waals surface area contributed by atoms with Crippen LogP contribution in [-0.2, 0) is 6.42 Å². The van der Waals surface area contributed by atoms with Crippen molar-refractivity contribution in [1.82, 2.24) is 10.6 Å². The summed E-state index contributed by atoms with van der Waals surface area (Å²) in [4.78, 5) is 5.18. The second kappa shape index (κ2) is 9.39. The van der Waals surface area contributed by atoms with Crippen LogP contribution < -0.4 is 15.4 Å². The molecule has 3 aromatic rings. The molecule has 0 spiro atoms. The Bertz CT molecular complexity index is 857. The Morgan fingerprint density at radius 2 is 1.93 bits per heavy atom. The smallest absolute Gasteiger partial charge is 0.191 e. The minimum absolute atomic E-state index is 0.412. The van der Waals surface area contributed by atoms with Crippen LogP contribution in [0.3, 0.4) is 0 Å². The van der Waals surface area contributed by atoms with Crippen molar-refractivity contribution in [2.45, 2.75) is 12.5 Å². The van der Waals surface area contributed by atoms with Crippen LogP contribution in [0, 0.1) is 0 Å². The Kier molecular flexibility index (Phi) is 6.68. The van der Waals surface area contributed by atoms with E-state index in [-0.39, 0.29) is 0 Å². The van der Waals surface area contributed by atoms with Crippen molar-refractivity contribution >= 4 is 27.4 Å². The van der Waals surface area contributed by atoms with Crippen LogP contribution in [0.2, 0.25) is 0 Å². The van der Waals surface area contributed by atoms with Crippen molar-refractivity contribution in [2.75, 3.05) is 27.2 Å². The molecular weight excluding hydrogens is 358 g/mol. The number of rotatable bonds is 7. The van der Waals surface area contributed by atoms with Crippen LogP contribution in [0.5, 0.6) is 5.75 Å². The van der Waals surface area contributed by atoms with Gasteiger partial charge in [-0.1, -0.05) is 30.3 Å². The number of ether oxygens (including phenoxy) is 1. The van der Waals surface area contributed by atoms with Crippen molar-refractivity contribution in [3.05, 3.63) is 65.0 Å². The maximum absolute atomic E-state index is 10.5. The molecule has 0 amide bonds. The van der Waals surface area contributed by atoms with Crippen LogP contribution in [0.4, 0.5) is 0 Å². The summed E-state index contributed by atoms with van der Waals surface area (Å²) in [7, 11) is 3.40. The van der Waals surface area contributed by atoms with E-state index >= 15 is 0 Å². The fraction of sp³-hybridized carbons (Fsp3) is 0.286. The third kappa shape index (κ3) is 5.21. The van der Waals surface area contributed by atoms with E-state index in [9.17, 15) is 5.11 Å². The monoisotopic (exact) mass is 383 g/mol. The third-order valence-electron chi connectivity index (χ3n) is 4.32. The average Bonchev–Trinajstić information content (AvgIpc) is 3.15. The van der Waals surface area contributed by atoms with E-state index < -0.39 is 6.10 Å². The topological polar surface area (TPSA) is 65.9 Å². The molecule has 1 aromatic heterocycles. The molecule has 1 unspecified atom stereocenters. The molecule has 0 aliphatic heterocycles. The maximum Gasteiger partial charge on any atom is 0.191 e. The molecule has 27 heavy (non-hydrogen) atoms. The van der Waals surface area contributed by atoms with Gasteiger partial charge in [-0.3, -0.25) is 4.99 Å². The number of hydrogen-bond acceptors (Lipinski definition) is 4. The standard InChI is InChI=1S/C21H25N3O2S/c1-22-21(23-12-11-15-7-9-17(26-2)10-8-15)24-14-18(25)20-13-16-5-3-4-6-19(16)27-20/h3-10,13,18,25H,11-12,14H2,1-2H3,(H2,22,23,24). The van der Waals surface area contributed by atoms with Crippen molar-refractivity contribution in [3.8, 4) is 5.75 Å². The predicted octanol–water partition coefficient (Wildman–Crippen LogP) is 3.35. The number of benzene rings is 2. The van der Waals surface area contributed by atoms with E-state index in [1.165, 1.54) is 15.6 Å². The molecule has 0 bridgehead atoms. The highest BCUT2D eigenvalue weighted by Crippen LogP contribution is 2.29. The highest BCUT2D eigenvalue weighted by atomic mass is 32.1. The number of methoxy groups -OCH3 is 1. The molecule has 3 rings (SSSR count). The van der Waals surface area contributed by atoms with Crippen molar-refractivity contribution in [1.29, 1.82) is 0 Å². The van der Waals surface area contributed by atoms with E-state index in [0.29, 0.717) is 12.5 Å². The molecule has 0 aliphatic rings. The number of aliphatic hydroxyl groups is 1. The summed E-state index contributed by atoms with van der Waals surface area (Å²) in [6.07, 6.45) is 0.311. The van der Waals surface area contributed by atoms with Crippen LogP contribution in [-0.4, -0.2) is 38.3 Å². The molecule has 0 saturated carbocycles. The number of guanidine groups is 1. The van der Waals surface area contributed by atoms with E-state index in [1.54, 1.807) is 25.5 Å². The Morgan fingerprint density at radius 3 is 2.63 bits per heavy atom. The van der Waals surface area contributed by atoms with E-state index in [4.69, 9.17) is 4.74 Å². The summed E-state index contributed by atoms with van der Waals surface area (Å²) in [5, 5.41) is 18.1. The molecule has 0 aliphatic carbocycles. The quantitative estimate of drug-likeness (QED) is 0.432. The number of fused-ring (bicyclic) bond motifs is 1. The second-order valence-electron chi connectivity index (χ2n) is 6.18. The lowest BCUT2D eigenvalue weighted by atomic mass is 10.1. The van der Waals surface area contributed by atoms with E-state index in [0.717, 1.165) is 23.6 Å². The van der Waals surface area contributed by atoms with Gasteiger partial charge in [0, 0.05) is 29.7 Å². The lowest BCUT2D eigenvalue weighted by Gasteiger charge is -2.14. The number of aliphatic imine (C=N–C) groups is 1. The molecule has 6 heteroatoms. The largest absolute Gasteiger partial charge is 0.497 e. The Balaban J connectivity index is 1.46. The summed E-state index contributed by atoms with van der Waals surface area (Å²) in [5.74, 6) is 1.54. The maximum atomic E-state index is 10.5. The first kappa shape index (κ1) is 19.2. The number of aliphatic hydroxyl groups excluding tert-OH is 1. The van der Waals surface area contributed by atoms with Gasteiger partial charge in [-0.15, -0.1) is 11.3 Å². The van der Waals surface area contributed by atoms with E-state index in [2.05, 4.69) is 39.9 Å². The first-order chi connectivity index (χ1) is 13.2. The van der Waals surface area contributed by atoms with Crippen molar-refractivity contribution < 1.29 is 9.84 Å². The summed E-state index contributed by atoms with van der Waals surface area (Å²) < 4.78 is 6.36. The van der Waals surface area contributed by atoms with Gasteiger partial charge in [0.1, 0.15) is 11.9 Å². The highest BCUT2D eigenvalue weighted by Gasteiger charge is 2.12. The molecular formula is C21H25N3O2S. The zero-order valence-corrected chi connectivity index (χ0v) is 16.4. The van der Waals surface area contributed by atoms with Crippen LogP contribution in [0.15, 0.2) is 59.6 Å². The van der Waals surface area contributed by atoms with Gasteiger partial charge in [-0.25, -0.2) is 0 Å². The predicted molar refractivity (Wildman–Crippen MR) is 113 cm³/mol. The minimum atomic E-state index is -0.567. The molecule has 3 N–H and O–H groups in total. The fourth-order valence-corrected chi connectivity index (χ4v) is 3.85. The minimum Gasteiger partial charge on any atom is -0.497 e. The third-order valence-corrected chi connectivity index (χ3v) is 5.54. The van der Waals surface area contributed by atoms with Crippen molar-refractivity contribution in [2.24, 2.45) is 4.99 Å². The molecule has 0 saturated heterocycles. The van der Waals surface area contributed by atoms with E-state index in [1.807, 2.05) is 30.3 Å². The van der Waals surface area contributed by atoms with Gasteiger partial charge in [0.2, 0.25) is 0 Å². The zero-order valence-electron chi connectivity index (χ0n) is 15.6. The molecule has 5 nitrogen and oxygen atoms in total. The number of nitrogens with zero attached hydrogens (tertiary/aromatic N) is 1. The number of nitrogens with one attached hydrogen (secondary N) is 2. The van der Waals surface area contributed by atoms with Gasteiger partial charge in [-0.2, -0.15) is 0 Å². The van der Waals surface area contributed by atoms with Gasteiger partial charge < -0.3 is 20.5 Å². The van der Waals surface area contributed by atoms with Crippen molar-refractivity contribution in [3.63, 3.8) is 0 Å². The Labute approximate surface area is 163 Å². The number of thiophene rings is 1. The highest BCUT2D eigenvalue weighted by molar-refractivity contribution is 7.19. The fourth-order valence-electron chi connectivity index (χ4n) is 2.80. The molecule has 2 aromatic carbocycles. The van der Waals surface area contributed by atoms with Crippen LogP contribution in [0.1, 0.15) is 16.5 Å². The SMILES string of the molecule is CN=C(NCCc1ccc(OC)cc1)NCC(O)c1cc2ccccc2s1. The zero-order chi connectivity index (χ0) is 19.1. The van der Waals surface area contributed by atoms with Gasteiger partial charge in [0.25, 0.3) is 0 Å². The summed E-state index contributed by atoms with van der Waals surface area (Å²) in [6.45, 7) is 1.17. The first-order valence-corrected chi connectivity index (χ1v) is 9.75.